The Morgan fingerprint density at radius 2 is 1.45 bits per heavy atom. The van der Waals surface area contributed by atoms with Gasteiger partial charge < -0.3 is 0 Å². The highest BCUT2D eigenvalue weighted by atomic mass is 32.2. The number of benzene rings is 1. The minimum atomic E-state index is -4.20. The van der Waals surface area contributed by atoms with Crippen molar-refractivity contribution in [1.82, 2.24) is 5.06 Å². The van der Waals surface area contributed by atoms with Gasteiger partial charge in [0.25, 0.3) is 11.8 Å². The van der Waals surface area contributed by atoms with Crippen LogP contribution in [-0.4, -0.2) is 25.3 Å². The number of hydroxylamine groups is 2. The molecule has 0 atom stereocenters. The molecule has 2 rings (SSSR count). The van der Waals surface area contributed by atoms with Crippen LogP contribution in [0.3, 0.4) is 0 Å². The van der Waals surface area contributed by atoms with E-state index in [0.29, 0.717) is 16.2 Å². The number of hydrogen-bond donors (Lipinski definition) is 0. The van der Waals surface area contributed by atoms with Gasteiger partial charge in [-0.2, -0.15) is 8.42 Å². The summed E-state index contributed by atoms with van der Waals surface area (Å²) in [6, 6.07) is 3.41. The zero-order valence-electron chi connectivity index (χ0n) is 11.5. The highest BCUT2D eigenvalue weighted by Crippen LogP contribution is 2.26. The molecule has 0 saturated carbocycles. The van der Waals surface area contributed by atoms with Crippen molar-refractivity contribution in [2.75, 3.05) is 0 Å². The van der Waals surface area contributed by atoms with Gasteiger partial charge in [0.1, 0.15) is 4.90 Å². The molecule has 0 unspecified atom stereocenters. The van der Waals surface area contributed by atoms with E-state index in [4.69, 9.17) is 4.28 Å². The second kappa shape index (κ2) is 4.99. The normalized spacial score (nSPS) is 16.1. The Labute approximate surface area is 117 Å². The van der Waals surface area contributed by atoms with Crippen LogP contribution in [0.5, 0.6) is 0 Å². The van der Waals surface area contributed by atoms with Gasteiger partial charge in [-0.3, -0.25) is 9.59 Å². The predicted octanol–water partition coefficient (Wildman–Crippen LogP) is 1.38. The van der Waals surface area contributed by atoms with Gasteiger partial charge in [0.05, 0.1) is 0 Å². The number of imide groups is 1. The number of aryl methyl sites for hydroxylation is 3. The van der Waals surface area contributed by atoms with Crippen molar-refractivity contribution in [2.45, 2.75) is 38.5 Å². The van der Waals surface area contributed by atoms with Crippen molar-refractivity contribution in [3.8, 4) is 0 Å². The first-order valence-corrected chi connectivity index (χ1v) is 7.51. The number of carbonyl (C=O) groups excluding carboxylic acids is 2. The fourth-order valence-corrected chi connectivity index (χ4v) is 3.68. The second-order valence-electron chi connectivity index (χ2n) is 4.84. The summed E-state index contributed by atoms with van der Waals surface area (Å²) in [5, 5.41) is 0.341. The Morgan fingerprint density at radius 1 is 1.00 bits per heavy atom. The van der Waals surface area contributed by atoms with Crippen LogP contribution in [0.2, 0.25) is 0 Å². The van der Waals surface area contributed by atoms with E-state index in [0.717, 1.165) is 5.56 Å². The van der Waals surface area contributed by atoms with Gasteiger partial charge >= 0.3 is 10.1 Å². The van der Waals surface area contributed by atoms with Crippen LogP contribution in [-0.2, 0) is 24.0 Å². The van der Waals surface area contributed by atoms with E-state index in [2.05, 4.69) is 0 Å². The minimum Gasteiger partial charge on any atom is -0.272 e. The molecule has 1 fully saturated rings. The quantitative estimate of drug-likeness (QED) is 0.787. The van der Waals surface area contributed by atoms with Crippen LogP contribution in [0.1, 0.15) is 29.5 Å². The number of nitrogens with zero attached hydrogens (tertiary/aromatic N) is 1. The number of hydrogen-bond acceptors (Lipinski definition) is 5. The van der Waals surface area contributed by atoms with Crippen molar-refractivity contribution in [3.05, 3.63) is 28.8 Å². The molecular weight excluding hydrogens is 282 g/mol. The monoisotopic (exact) mass is 297 g/mol. The minimum absolute atomic E-state index is 0.00407. The first-order chi connectivity index (χ1) is 9.22. The highest BCUT2D eigenvalue weighted by molar-refractivity contribution is 7.86. The van der Waals surface area contributed by atoms with Gasteiger partial charge in [0.2, 0.25) is 0 Å². The van der Waals surface area contributed by atoms with E-state index < -0.39 is 21.9 Å². The Bertz CT molecular complexity index is 654. The Hall–Kier alpha value is -1.73. The summed E-state index contributed by atoms with van der Waals surface area (Å²) in [6.45, 7) is 5.14. The molecule has 1 aromatic carbocycles. The maximum atomic E-state index is 12.3. The lowest BCUT2D eigenvalue weighted by atomic mass is 10.1. The zero-order valence-corrected chi connectivity index (χ0v) is 12.3. The van der Waals surface area contributed by atoms with Crippen LogP contribution >= 0.6 is 0 Å². The summed E-state index contributed by atoms with van der Waals surface area (Å²) >= 11 is 0. The van der Waals surface area contributed by atoms with Crippen LogP contribution < -0.4 is 0 Å². The maximum Gasteiger partial charge on any atom is 0.318 e. The molecule has 6 nitrogen and oxygen atoms in total. The molecule has 0 spiro atoms. The predicted molar refractivity (Wildman–Crippen MR) is 70.0 cm³/mol. The van der Waals surface area contributed by atoms with E-state index in [1.54, 1.807) is 26.0 Å². The first-order valence-electron chi connectivity index (χ1n) is 6.10. The van der Waals surface area contributed by atoms with Crippen molar-refractivity contribution in [1.29, 1.82) is 0 Å². The number of rotatable bonds is 3. The molecule has 1 aliphatic heterocycles. The highest BCUT2D eigenvalue weighted by Gasteiger charge is 2.36. The number of carbonyl (C=O) groups is 2. The summed E-state index contributed by atoms with van der Waals surface area (Å²) in [4.78, 5) is 22.9. The largest absolute Gasteiger partial charge is 0.318 e. The van der Waals surface area contributed by atoms with Crippen LogP contribution in [0.4, 0.5) is 0 Å². The molecule has 0 aromatic heterocycles. The van der Waals surface area contributed by atoms with Gasteiger partial charge in [-0.25, -0.2) is 0 Å². The second-order valence-corrected chi connectivity index (χ2v) is 6.30. The van der Waals surface area contributed by atoms with Crippen molar-refractivity contribution in [2.24, 2.45) is 0 Å². The zero-order chi connectivity index (χ0) is 15.1. The van der Waals surface area contributed by atoms with Crippen LogP contribution in [0.15, 0.2) is 17.0 Å². The third kappa shape index (κ3) is 2.59. The van der Waals surface area contributed by atoms with Crippen molar-refractivity contribution < 1.29 is 22.3 Å². The molecule has 0 N–H and O–H groups in total. The SMILES string of the molecule is Cc1cc(C)c(S(=O)(=O)ON2C(=O)CCC2=O)c(C)c1. The van der Waals surface area contributed by atoms with E-state index in [-0.39, 0.29) is 17.7 Å². The van der Waals surface area contributed by atoms with Crippen LogP contribution in [0.25, 0.3) is 0 Å². The average Bonchev–Trinajstić information content (AvgIpc) is 2.58. The molecular formula is C13H15NO5S. The summed E-state index contributed by atoms with van der Waals surface area (Å²) in [6.07, 6.45) is -0.0551. The Balaban J connectivity index is 2.41. The van der Waals surface area contributed by atoms with E-state index in [9.17, 15) is 18.0 Å². The van der Waals surface area contributed by atoms with Crippen molar-refractivity contribution >= 4 is 21.9 Å². The molecule has 0 aliphatic carbocycles. The van der Waals surface area contributed by atoms with Crippen molar-refractivity contribution in [3.63, 3.8) is 0 Å². The topological polar surface area (TPSA) is 80.8 Å². The maximum absolute atomic E-state index is 12.3. The van der Waals surface area contributed by atoms with Gasteiger partial charge in [-0.15, -0.1) is 9.35 Å². The Morgan fingerprint density at radius 3 is 1.90 bits per heavy atom. The van der Waals surface area contributed by atoms with E-state index >= 15 is 0 Å². The molecule has 1 saturated heterocycles. The van der Waals surface area contributed by atoms with E-state index in [1.807, 2.05) is 6.92 Å². The molecule has 20 heavy (non-hydrogen) atoms. The van der Waals surface area contributed by atoms with Gasteiger partial charge in [0.15, 0.2) is 0 Å². The average molecular weight is 297 g/mol. The smallest absolute Gasteiger partial charge is 0.272 e. The van der Waals surface area contributed by atoms with E-state index in [1.165, 1.54) is 0 Å². The molecule has 0 bridgehead atoms. The number of amides is 2. The standard InChI is InChI=1S/C13H15NO5S/c1-8-6-9(2)13(10(3)7-8)20(17,18)19-14-11(15)4-5-12(14)16/h6-7H,4-5H2,1-3H3. The van der Waals surface area contributed by atoms with Gasteiger partial charge in [0, 0.05) is 12.8 Å². The first kappa shape index (κ1) is 14.7. The molecule has 1 aliphatic rings. The molecule has 1 aromatic rings. The summed E-state index contributed by atoms with van der Waals surface area (Å²) < 4.78 is 29.2. The van der Waals surface area contributed by atoms with Crippen LogP contribution in [0, 0.1) is 20.8 Å². The lowest BCUT2D eigenvalue weighted by Gasteiger charge is -2.16. The lowest BCUT2D eigenvalue weighted by Crippen LogP contribution is -2.32. The molecule has 1 heterocycles. The third-order valence-corrected chi connectivity index (χ3v) is 4.52. The molecule has 7 heteroatoms. The Kier molecular flexibility index (Phi) is 3.66. The van der Waals surface area contributed by atoms with Gasteiger partial charge in [-0.05, 0) is 31.9 Å². The molecule has 108 valence electrons. The lowest BCUT2D eigenvalue weighted by molar-refractivity contribution is -0.163. The summed E-state index contributed by atoms with van der Waals surface area (Å²) in [7, 11) is -4.20. The summed E-state index contributed by atoms with van der Waals surface area (Å²) in [5.74, 6) is -1.28. The summed E-state index contributed by atoms with van der Waals surface area (Å²) in [5.41, 5.74) is 1.95. The fourth-order valence-electron chi connectivity index (χ4n) is 2.34. The molecule has 2 amide bonds. The van der Waals surface area contributed by atoms with Gasteiger partial charge in [-0.1, -0.05) is 17.7 Å². The fraction of sp³-hybridized carbons (Fsp3) is 0.385. The third-order valence-electron chi connectivity index (χ3n) is 3.03. The molecule has 0 radical (unpaired) electrons.